The fourth-order valence-electron chi connectivity index (χ4n) is 2.06. The minimum atomic E-state index is -0.755. The summed E-state index contributed by atoms with van der Waals surface area (Å²) in [6, 6.07) is -0.435. The van der Waals surface area contributed by atoms with Gasteiger partial charge in [0.25, 0.3) is 0 Å². The van der Waals surface area contributed by atoms with E-state index in [1.54, 1.807) is 13.8 Å². The first kappa shape index (κ1) is 9.99. The second kappa shape index (κ2) is 3.68. The van der Waals surface area contributed by atoms with E-state index in [1.807, 2.05) is 6.92 Å². The molecule has 15 heavy (non-hydrogen) atoms. The largest absolute Gasteiger partial charge is 0.389 e. The van der Waals surface area contributed by atoms with Gasteiger partial charge in [0.2, 0.25) is 0 Å². The van der Waals surface area contributed by atoms with Gasteiger partial charge in [-0.1, -0.05) is 0 Å². The highest BCUT2D eigenvalue weighted by molar-refractivity contribution is 4.96. The normalized spacial score (nSPS) is 50.7. The molecule has 0 aromatic heterocycles. The van der Waals surface area contributed by atoms with E-state index >= 15 is 0 Å². The number of rotatable bonds is 1. The number of aliphatic hydroxyl groups is 1. The van der Waals surface area contributed by atoms with Crippen molar-refractivity contribution < 1.29 is 20.7 Å². The molecule has 2 aliphatic rings. The van der Waals surface area contributed by atoms with Gasteiger partial charge in [-0.05, 0) is 20.8 Å². The first-order valence-electron chi connectivity index (χ1n) is 5.77. The van der Waals surface area contributed by atoms with Gasteiger partial charge in [0.05, 0.1) is 18.8 Å². The van der Waals surface area contributed by atoms with Crippen molar-refractivity contribution in [2.45, 2.75) is 57.0 Å². The maximum Gasteiger partial charge on any atom is 0.163 e. The molecule has 5 atom stereocenters. The number of fused-ring (bicyclic) bond motifs is 1. The third-order valence-corrected chi connectivity index (χ3v) is 2.98. The summed E-state index contributed by atoms with van der Waals surface area (Å²) in [5.41, 5.74) is 2.32. The monoisotopic (exact) mass is 219 g/mol. The maximum atomic E-state index is 10.1. The first-order valence-corrected chi connectivity index (χ1v) is 5.27. The Bertz CT molecular complexity index is 263. The molecule has 2 aliphatic heterocycles. The van der Waals surface area contributed by atoms with E-state index in [-0.39, 0.29) is 12.2 Å². The highest BCUT2D eigenvalue weighted by Gasteiger charge is 2.48. The van der Waals surface area contributed by atoms with E-state index in [9.17, 15) is 5.11 Å². The molecule has 5 heteroatoms. The van der Waals surface area contributed by atoms with Crippen LogP contribution in [0.2, 0.25) is 1.41 Å². The van der Waals surface area contributed by atoms with Crippen molar-refractivity contribution in [3.05, 3.63) is 0 Å². The summed E-state index contributed by atoms with van der Waals surface area (Å²) < 4.78 is 24.0. The van der Waals surface area contributed by atoms with Crippen LogP contribution in [-0.2, 0) is 14.2 Å². The lowest BCUT2D eigenvalue weighted by atomic mass is 9.93. The molecule has 0 spiro atoms. The van der Waals surface area contributed by atoms with Crippen molar-refractivity contribution in [2.24, 2.45) is 5.73 Å². The summed E-state index contributed by atoms with van der Waals surface area (Å²) in [7, 11) is 0. The summed E-state index contributed by atoms with van der Waals surface area (Å²) >= 11 is 0. The van der Waals surface area contributed by atoms with Gasteiger partial charge in [-0.2, -0.15) is 0 Å². The second-order valence-electron chi connectivity index (χ2n) is 4.69. The highest BCUT2D eigenvalue weighted by Crippen LogP contribution is 2.31. The zero-order valence-electron chi connectivity index (χ0n) is 10.3. The maximum absolute atomic E-state index is 10.1. The van der Waals surface area contributed by atoms with Crippen LogP contribution in [0.25, 0.3) is 0 Å². The Morgan fingerprint density at radius 1 is 1.53 bits per heavy atom. The van der Waals surface area contributed by atoms with Crippen molar-refractivity contribution in [3.63, 3.8) is 0 Å². The Hall–Kier alpha value is -0.200. The van der Waals surface area contributed by atoms with Gasteiger partial charge in [0.15, 0.2) is 5.79 Å². The Kier molecular flexibility index (Phi) is 2.45. The molecule has 0 aromatic rings. The summed E-state index contributed by atoms with van der Waals surface area (Å²) in [5, 5.41) is 10.1. The summed E-state index contributed by atoms with van der Waals surface area (Å²) in [5.74, 6) is -0.710. The van der Waals surface area contributed by atoms with E-state index in [1.165, 1.54) is 0 Å². The van der Waals surface area contributed by atoms with Crippen LogP contribution < -0.4 is 5.73 Å². The van der Waals surface area contributed by atoms with Gasteiger partial charge < -0.3 is 25.0 Å². The highest BCUT2D eigenvalue weighted by atomic mass is 16.7. The molecule has 0 amide bonds. The first-order chi connectivity index (χ1) is 7.44. The number of aliphatic hydroxyl groups excluding tert-OH is 1. The van der Waals surface area contributed by atoms with Crippen LogP contribution in [0.5, 0.6) is 0 Å². The zero-order valence-corrected chi connectivity index (χ0v) is 9.27. The Labute approximate surface area is 90.9 Å². The summed E-state index contributed by atoms with van der Waals surface area (Å²) in [6.07, 6.45) is -1.69. The Morgan fingerprint density at radius 2 is 2.27 bits per heavy atom. The summed E-state index contributed by atoms with van der Waals surface area (Å²) in [6.45, 7) is 5.84. The molecule has 0 bridgehead atoms. The van der Waals surface area contributed by atoms with Crippen LogP contribution >= 0.6 is 0 Å². The smallest absolute Gasteiger partial charge is 0.163 e. The molecular weight excluding hydrogens is 198 g/mol. The van der Waals surface area contributed by atoms with Crippen molar-refractivity contribution in [1.82, 2.24) is 0 Å². The number of ether oxygens (including phenoxy) is 3. The van der Waals surface area contributed by atoms with Crippen molar-refractivity contribution >= 4 is 0 Å². The third-order valence-electron chi connectivity index (χ3n) is 2.98. The Balaban J connectivity index is 2.12. The van der Waals surface area contributed by atoms with Gasteiger partial charge in [-0.15, -0.1) is 0 Å². The van der Waals surface area contributed by atoms with E-state index < -0.39 is 24.0 Å². The second-order valence-corrected chi connectivity index (χ2v) is 4.69. The van der Waals surface area contributed by atoms with Gasteiger partial charge in [0, 0.05) is 0 Å². The number of hydrogen-bond acceptors (Lipinski definition) is 5. The molecule has 88 valence electrons. The summed E-state index contributed by atoms with van der Waals surface area (Å²) in [4.78, 5) is 0. The fourth-order valence-corrected chi connectivity index (χ4v) is 2.06. The minimum absolute atomic E-state index is 0.234. The van der Waals surface area contributed by atoms with Crippen LogP contribution in [0, 0.1) is 0 Å². The molecule has 5 nitrogen and oxygen atoms in total. The predicted octanol–water partition coefficient (Wildman–Crippen LogP) is -0.387. The standard InChI is InChI=1S/C10H19NO4/c1-5-7(11)8(12)9-6(14-5)4-13-10(2,3)15-9/h5-9,12H,4,11H2,1-3H3/t5-,6-,7+,8-,9-/m1/s1/i/hT. The van der Waals surface area contributed by atoms with Gasteiger partial charge in [0.1, 0.15) is 19.7 Å². The fraction of sp³-hybridized carbons (Fsp3) is 1.00. The molecule has 2 saturated heterocycles. The lowest BCUT2D eigenvalue weighted by Crippen LogP contribution is -2.65. The van der Waals surface area contributed by atoms with Crippen LogP contribution in [0.1, 0.15) is 20.8 Å². The van der Waals surface area contributed by atoms with E-state index in [4.69, 9.17) is 15.6 Å². The topological polar surface area (TPSA) is 73.9 Å². The van der Waals surface area contributed by atoms with E-state index in [0.717, 1.165) is 0 Å². The lowest BCUT2D eigenvalue weighted by molar-refractivity contribution is -0.345. The van der Waals surface area contributed by atoms with Gasteiger partial charge >= 0.3 is 0 Å². The van der Waals surface area contributed by atoms with E-state index in [2.05, 4.69) is 5.73 Å². The average Bonchev–Trinajstić information content (AvgIpc) is 2.20. The third kappa shape index (κ3) is 2.03. The van der Waals surface area contributed by atoms with Crippen molar-refractivity contribution in [3.8, 4) is 0 Å². The average molecular weight is 219 g/mol. The minimum Gasteiger partial charge on any atom is -0.389 e. The van der Waals surface area contributed by atoms with Crippen LogP contribution in [0.3, 0.4) is 0 Å². The predicted molar refractivity (Wildman–Crippen MR) is 53.2 cm³/mol. The Morgan fingerprint density at radius 3 is 2.93 bits per heavy atom. The van der Waals surface area contributed by atoms with Crippen LogP contribution in [-0.4, -0.2) is 48.0 Å². The molecule has 0 aromatic carbocycles. The molecule has 2 fully saturated rings. The van der Waals surface area contributed by atoms with Crippen LogP contribution in [0.4, 0.5) is 0 Å². The molecule has 0 radical (unpaired) electrons. The van der Waals surface area contributed by atoms with E-state index in [0.29, 0.717) is 6.61 Å². The SMILES string of the molecule is [3H]N[C@@H]1[C@@H](O)[C@@H]2OC(C)(C)OC[C@H]2O[C@@H]1C. The molecule has 0 saturated carbocycles. The molecule has 0 unspecified atom stereocenters. The lowest BCUT2D eigenvalue weighted by Gasteiger charge is -2.48. The molecule has 2 rings (SSSR count). The number of hydrogen-bond donors (Lipinski definition) is 2. The molecular formula is C10H19NO4. The molecule has 0 aliphatic carbocycles. The van der Waals surface area contributed by atoms with Gasteiger partial charge in [-0.3, -0.25) is 0 Å². The number of nitrogens with two attached hydrogens (primary N) is 1. The molecule has 3 N–H and O–H groups in total. The zero-order chi connectivity index (χ0) is 11.9. The van der Waals surface area contributed by atoms with Crippen molar-refractivity contribution in [2.75, 3.05) is 6.61 Å². The molecule has 2 heterocycles. The van der Waals surface area contributed by atoms with Gasteiger partial charge in [-0.25, -0.2) is 0 Å². The quantitative estimate of drug-likeness (QED) is 0.628. The van der Waals surface area contributed by atoms with Crippen molar-refractivity contribution in [1.29, 1.82) is 0 Å². The van der Waals surface area contributed by atoms with Crippen LogP contribution in [0.15, 0.2) is 0 Å².